The van der Waals surface area contributed by atoms with Crippen molar-refractivity contribution in [3.63, 3.8) is 0 Å². The highest BCUT2D eigenvalue weighted by Gasteiger charge is 2.32. The van der Waals surface area contributed by atoms with Gasteiger partial charge in [0.2, 0.25) is 0 Å². The first-order valence-electron chi connectivity index (χ1n) is 7.66. The first kappa shape index (κ1) is 16.5. The zero-order chi connectivity index (χ0) is 17.1. The molecule has 1 aliphatic heterocycles. The largest absolute Gasteiger partial charge is 0.495 e. The lowest BCUT2D eigenvalue weighted by Gasteiger charge is -2.24. The lowest BCUT2D eigenvalue weighted by Crippen LogP contribution is -2.34. The van der Waals surface area contributed by atoms with Gasteiger partial charge in [0.25, 0.3) is 0 Å². The van der Waals surface area contributed by atoms with Crippen LogP contribution < -0.4 is 14.8 Å². The topological polar surface area (TPSA) is 63.9 Å². The molecule has 1 fully saturated rings. The molecule has 3 rings (SSSR count). The van der Waals surface area contributed by atoms with Gasteiger partial charge < -0.3 is 24.1 Å². The van der Waals surface area contributed by atoms with E-state index >= 15 is 0 Å². The second-order valence-corrected chi connectivity index (χ2v) is 5.89. The second-order valence-electron chi connectivity index (χ2n) is 5.48. The summed E-state index contributed by atoms with van der Waals surface area (Å²) in [6, 6.07) is 6.71. The summed E-state index contributed by atoms with van der Waals surface area (Å²) >= 11 is 6.15. The lowest BCUT2D eigenvalue weighted by molar-refractivity contribution is 0.199. The molecule has 1 unspecified atom stereocenters. The maximum Gasteiger partial charge on any atom is 0.322 e. The maximum absolute atomic E-state index is 12.7. The Kier molecular flexibility index (Phi) is 4.85. The number of halogens is 1. The third-order valence-electron chi connectivity index (χ3n) is 4.10. The van der Waals surface area contributed by atoms with E-state index in [1.54, 1.807) is 23.3 Å². The smallest absolute Gasteiger partial charge is 0.322 e. The predicted molar refractivity (Wildman–Crippen MR) is 91.0 cm³/mol. The zero-order valence-electron chi connectivity index (χ0n) is 13.5. The van der Waals surface area contributed by atoms with Crippen LogP contribution in [0.3, 0.4) is 0 Å². The second kappa shape index (κ2) is 7.05. The number of anilines is 1. The van der Waals surface area contributed by atoms with Gasteiger partial charge in [-0.1, -0.05) is 11.6 Å². The minimum Gasteiger partial charge on any atom is -0.495 e. The molecule has 1 atom stereocenters. The number of carbonyl (C=O) groups is 1. The Morgan fingerprint density at radius 2 is 2.12 bits per heavy atom. The average Bonchev–Trinajstić information content (AvgIpc) is 3.26. The van der Waals surface area contributed by atoms with E-state index in [4.69, 9.17) is 25.5 Å². The van der Waals surface area contributed by atoms with Crippen molar-refractivity contribution in [3.8, 4) is 11.5 Å². The van der Waals surface area contributed by atoms with Gasteiger partial charge in [-0.2, -0.15) is 0 Å². The molecular formula is C17H19ClN2O4. The Hall–Kier alpha value is -2.34. The first-order chi connectivity index (χ1) is 11.6. The van der Waals surface area contributed by atoms with Crippen molar-refractivity contribution in [1.82, 2.24) is 4.90 Å². The molecule has 1 aromatic carbocycles. The number of nitrogens with one attached hydrogen (secondary N) is 1. The predicted octanol–water partition coefficient (Wildman–Crippen LogP) is 4.32. The molecule has 2 heterocycles. The minimum absolute atomic E-state index is 0.0558. The molecule has 0 bridgehead atoms. The Morgan fingerprint density at radius 1 is 1.33 bits per heavy atom. The maximum atomic E-state index is 12.7. The van der Waals surface area contributed by atoms with E-state index in [1.807, 2.05) is 12.1 Å². The van der Waals surface area contributed by atoms with Crippen LogP contribution in [0.1, 0.15) is 24.6 Å². The summed E-state index contributed by atoms with van der Waals surface area (Å²) in [6.07, 6.45) is 3.43. The summed E-state index contributed by atoms with van der Waals surface area (Å²) in [5.74, 6) is 1.77. The van der Waals surface area contributed by atoms with Gasteiger partial charge in [0.1, 0.15) is 17.3 Å². The molecule has 1 aromatic heterocycles. The number of likely N-dealkylation sites (tertiary alicyclic amines) is 1. The highest BCUT2D eigenvalue weighted by Crippen LogP contribution is 2.37. The van der Waals surface area contributed by atoms with Gasteiger partial charge in [-0.15, -0.1) is 0 Å². The number of benzene rings is 1. The number of amides is 2. The number of furan rings is 1. The van der Waals surface area contributed by atoms with E-state index < -0.39 is 0 Å². The van der Waals surface area contributed by atoms with Crippen LogP contribution in [0.4, 0.5) is 10.5 Å². The van der Waals surface area contributed by atoms with Gasteiger partial charge >= 0.3 is 6.03 Å². The molecule has 1 aliphatic rings. The van der Waals surface area contributed by atoms with E-state index in [9.17, 15) is 4.79 Å². The SMILES string of the molecule is COc1cc(OC)c(NC(=O)N2CCCC2c2ccco2)cc1Cl. The van der Waals surface area contributed by atoms with Crippen molar-refractivity contribution >= 4 is 23.3 Å². The molecule has 1 N–H and O–H groups in total. The molecule has 7 heteroatoms. The Labute approximate surface area is 145 Å². The number of hydrogen-bond acceptors (Lipinski definition) is 4. The molecule has 6 nitrogen and oxygen atoms in total. The highest BCUT2D eigenvalue weighted by molar-refractivity contribution is 6.32. The Morgan fingerprint density at radius 3 is 2.79 bits per heavy atom. The summed E-state index contributed by atoms with van der Waals surface area (Å²) in [5.41, 5.74) is 0.499. The van der Waals surface area contributed by atoms with E-state index in [0.29, 0.717) is 28.8 Å². The number of ether oxygens (including phenoxy) is 2. The molecule has 24 heavy (non-hydrogen) atoms. The van der Waals surface area contributed by atoms with Gasteiger partial charge in [-0.05, 0) is 31.0 Å². The van der Waals surface area contributed by atoms with Crippen LogP contribution in [0.25, 0.3) is 0 Å². The van der Waals surface area contributed by atoms with Gasteiger partial charge in [0.05, 0.1) is 37.2 Å². The summed E-state index contributed by atoms with van der Waals surface area (Å²) < 4.78 is 15.9. The number of carbonyl (C=O) groups excluding carboxylic acids is 1. The van der Waals surface area contributed by atoms with Crippen LogP contribution in [0, 0.1) is 0 Å². The van der Waals surface area contributed by atoms with Crippen molar-refractivity contribution in [2.24, 2.45) is 0 Å². The molecule has 2 aromatic rings. The molecule has 1 saturated heterocycles. The highest BCUT2D eigenvalue weighted by atomic mass is 35.5. The molecule has 128 valence electrons. The molecule has 0 saturated carbocycles. The molecular weight excluding hydrogens is 332 g/mol. The minimum atomic E-state index is -0.214. The van der Waals surface area contributed by atoms with Crippen molar-refractivity contribution in [3.05, 3.63) is 41.3 Å². The summed E-state index contributed by atoms with van der Waals surface area (Å²) in [6.45, 7) is 0.670. The third-order valence-corrected chi connectivity index (χ3v) is 4.40. The average molecular weight is 351 g/mol. The quantitative estimate of drug-likeness (QED) is 0.891. The lowest BCUT2D eigenvalue weighted by atomic mass is 10.2. The summed E-state index contributed by atoms with van der Waals surface area (Å²) in [4.78, 5) is 14.5. The van der Waals surface area contributed by atoms with Crippen molar-refractivity contribution in [2.75, 3.05) is 26.1 Å². The molecule has 2 amide bonds. The van der Waals surface area contributed by atoms with Crippen molar-refractivity contribution < 1.29 is 18.7 Å². The molecule has 0 aliphatic carbocycles. The fourth-order valence-electron chi connectivity index (χ4n) is 2.93. The van der Waals surface area contributed by atoms with Crippen LogP contribution >= 0.6 is 11.6 Å². The number of nitrogens with zero attached hydrogens (tertiary/aromatic N) is 1. The van der Waals surface area contributed by atoms with Gasteiger partial charge in [0, 0.05) is 12.6 Å². The van der Waals surface area contributed by atoms with Crippen LogP contribution in [-0.4, -0.2) is 31.7 Å². The van der Waals surface area contributed by atoms with Crippen LogP contribution in [-0.2, 0) is 0 Å². The number of methoxy groups -OCH3 is 2. The van der Waals surface area contributed by atoms with E-state index in [-0.39, 0.29) is 12.1 Å². The molecule has 0 radical (unpaired) electrons. The van der Waals surface area contributed by atoms with Gasteiger partial charge in [-0.25, -0.2) is 4.79 Å². The van der Waals surface area contributed by atoms with Crippen molar-refractivity contribution in [1.29, 1.82) is 0 Å². The number of hydrogen-bond donors (Lipinski definition) is 1. The fraction of sp³-hybridized carbons (Fsp3) is 0.353. The van der Waals surface area contributed by atoms with E-state index in [0.717, 1.165) is 18.6 Å². The standard InChI is InChI=1S/C17H19ClN2O4/c1-22-15-10-16(23-2)12(9-11(15)18)19-17(21)20-7-3-5-13(20)14-6-4-8-24-14/h4,6,8-10,13H,3,5,7H2,1-2H3,(H,19,21). The van der Waals surface area contributed by atoms with Crippen LogP contribution in [0.2, 0.25) is 5.02 Å². The Bertz CT molecular complexity index is 718. The fourth-order valence-corrected chi connectivity index (χ4v) is 3.17. The zero-order valence-corrected chi connectivity index (χ0v) is 14.3. The normalized spacial score (nSPS) is 17.0. The number of urea groups is 1. The first-order valence-corrected chi connectivity index (χ1v) is 8.04. The summed E-state index contributed by atoms with van der Waals surface area (Å²) in [5, 5.41) is 3.27. The van der Waals surface area contributed by atoms with Crippen molar-refractivity contribution in [2.45, 2.75) is 18.9 Å². The summed E-state index contributed by atoms with van der Waals surface area (Å²) in [7, 11) is 3.05. The monoisotopic (exact) mass is 350 g/mol. The van der Waals surface area contributed by atoms with E-state index in [2.05, 4.69) is 5.32 Å². The van der Waals surface area contributed by atoms with Gasteiger partial charge in [-0.3, -0.25) is 0 Å². The van der Waals surface area contributed by atoms with Crippen LogP contribution in [0.5, 0.6) is 11.5 Å². The molecule has 0 spiro atoms. The van der Waals surface area contributed by atoms with Gasteiger partial charge in [0.15, 0.2) is 0 Å². The third kappa shape index (κ3) is 3.14. The Balaban J connectivity index is 1.80. The number of rotatable bonds is 4. The van der Waals surface area contributed by atoms with E-state index in [1.165, 1.54) is 14.2 Å². The van der Waals surface area contributed by atoms with Crippen LogP contribution in [0.15, 0.2) is 34.9 Å².